The highest BCUT2D eigenvalue weighted by atomic mass is 16.2. The molecular formula is C24H27N3O3. The number of rotatable bonds is 7. The second kappa shape index (κ2) is 8.95. The lowest BCUT2D eigenvalue weighted by Crippen LogP contribution is -2.55. The Hall–Kier alpha value is -3.41. The van der Waals surface area contributed by atoms with Gasteiger partial charge in [-0.2, -0.15) is 0 Å². The first kappa shape index (κ1) is 21.3. The second-order valence-electron chi connectivity index (χ2n) is 7.89. The van der Waals surface area contributed by atoms with Crippen LogP contribution in [0.15, 0.2) is 54.6 Å². The van der Waals surface area contributed by atoms with E-state index in [4.69, 9.17) is 5.73 Å². The molecule has 0 bridgehead atoms. The summed E-state index contributed by atoms with van der Waals surface area (Å²) in [6.45, 7) is 5.02. The zero-order valence-corrected chi connectivity index (χ0v) is 17.4. The summed E-state index contributed by atoms with van der Waals surface area (Å²) in [6, 6.07) is 16.4. The molecule has 6 heteroatoms. The molecular weight excluding hydrogens is 378 g/mol. The number of amides is 3. The van der Waals surface area contributed by atoms with E-state index in [0.717, 1.165) is 27.1 Å². The van der Waals surface area contributed by atoms with Gasteiger partial charge in [0.05, 0.1) is 0 Å². The van der Waals surface area contributed by atoms with Gasteiger partial charge in [0.15, 0.2) is 0 Å². The third-order valence-corrected chi connectivity index (χ3v) is 5.26. The van der Waals surface area contributed by atoms with E-state index >= 15 is 0 Å². The molecule has 3 rings (SSSR count). The van der Waals surface area contributed by atoms with Crippen molar-refractivity contribution in [3.05, 3.63) is 60.2 Å². The van der Waals surface area contributed by atoms with Crippen LogP contribution in [0.25, 0.3) is 21.5 Å². The number of benzene rings is 3. The zero-order chi connectivity index (χ0) is 21.8. The van der Waals surface area contributed by atoms with E-state index in [2.05, 4.69) is 16.7 Å². The summed E-state index contributed by atoms with van der Waals surface area (Å²) in [5.41, 5.74) is 6.61. The first-order chi connectivity index (χ1) is 14.3. The fourth-order valence-electron chi connectivity index (χ4n) is 3.77. The SMILES string of the molecule is CC(=O)N[C@@H](C(=O)N[C@@H](Cc1c2ccccc2cc2ccccc12)C(N)=O)C(C)C. The van der Waals surface area contributed by atoms with Crippen molar-refractivity contribution in [2.24, 2.45) is 11.7 Å². The van der Waals surface area contributed by atoms with E-state index in [1.165, 1.54) is 6.92 Å². The number of hydrogen-bond acceptors (Lipinski definition) is 3. The molecule has 0 radical (unpaired) electrons. The van der Waals surface area contributed by atoms with Crippen LogP contribution in [0.1, 0.15) is 26.3 Å². The number of carbonyl (C=O) groups excluding carboxylic acids is 3. The van der Waals surface area contributed by atoms with Crippen LogP contribution in [-0.2, 0) is 20.8 Å². The molecule has 0 aromatic heterocycles. The van der Waals surface area contributed by atoms with Gasteiger partial charge in [-0.15, -0.1) is 0 Å². The van der Waals surface area contributed by atoms with Crippen LogP contribution in [0.2, 0.25) is 0 Å². The van der Waals surface area contributed by atoms with Crippen LogP contribution in [0.5, 0.6) is 0 Å². The van der Waals surface area contributed by atoms with Gasteiger partial charge in [-0.3, -0.25) is 14.4 Å². The van der Waals surface area contributed by atoms with E-state index in [9.17, 15) is 14.4 Å². The van der Waals surface area contributed by atoms with Crippen molar-refractivity contribution in [3.63, 3.8) is 0 Å². The van der Waals surface area contributed by atoms with Crippen LogP contribution in [-0.4, -0.2) is 29.8 Å². The third-order valence-electron chi connectivity index (χ3n) is 5.26. The number of fused-ring (bicyclic) bond motifs is 2. The van der Waals surface area contributed by atoms with Gasteiger partial charge in [-0.25, -0.2) is 0 Å². The molecule has 3 aromatic carbocycles. The van der Waals surface area contributed by atoms with Crippen molar-refractivity contribution >= 4 is 39.3 Å². The van der Waals surface area contributed by atoms with Crippen LogP contribution >= 0.6 is 0 Å². The quantitative estimate of drug-likeness (QED) is 0.527. The number of carbonyl (C=O) groups is 3. The number of primary amides is 1. The molecule has 0 heterocycles. The average Bonchev–Trinajstić information content (AvgIpc) is 2.70. The summed E-state index contributed by atoms with van der Waals surface area (Å²) in [7, 11) is 0. The molecule has 4 N–H and O–H groups in total. The predicted molar refractivity (Wildman–Crippen MR) is 119 cm³/mol. The molecule has 0 aliphatic rings. The highest BCUT2D eigenvalue weighted by Gasteiger charge is 2.28. The van der Waals surface area contributed by atoms with E-state index < -0.39 is 23.9 Å². The molecule has 0 fully saturated rings. The smallest absolute Gasteiger partial charge is 0.243 e. The largest absolute Gasteiger partial charge is 0.368 e. The van der Waals surface area contributed by atoms with Gasteiger partial charge < -0.3 is 16.4 Å². The number of hydrogen-bond donors (Lipinski definition) is 3. The Balaban J connectivity index is 1.99. The molecule has 0 unspecified atom stereocenters. The standard InChI is InChI=1S/C24H27N3O3/c1-14(2)22(26-15(3)28)24(30)27-21(23(25)29)13-20-18-10-6-4-8-16(18)12-17-9-5-7-11-19(17)20/h4-12,14,21-22H,13H2,1-3H3,(H2,25,29)(H,26,28)(H,27,30)/t21-,22+/m0/s1. The summed E-state index contributed by atoms with van der Waals surface area (Å²) in [4.78, 5) is 36.5. The summed E-state index contributed by atoms with van der Waals surface area (Å²) in [5, 5.41) is 9.53. The molecule has 3 aromatic rings. The highest BCUT2D eigenvalue weighted by molar-refractivity contribution is 6.03. The molecule has 0 saturated carbocycles. The number of nitrogens with two attached hydrogens (primary N) is 1. The maximum absolute atomic E-state index is 12.8. The van der Waals surface area contributed by atoms with Gasteiger partial charge in [-0.05, 0) is 39.1 Å². The first-order valence-electron chi connectivity index (χ1n) is 10.0. The van der Waals surface area contributed by atoms with Crippen molar-refractivity contribution < 1.29 is 14.4 Å². The van der Waals surface area contributed by atoms with Crippen molar-refractivity contribution in [1.82, 2.24) is 10.6 Å². The average molecular weight is 405 g/mol. The topological polar surface area (TPSA) is 101 Å². The molecule has 156 valence electrons. The maximum Gasteiger partial charge on any atom is 0.243 e. The molecule has 30 heavy (non-hydrogen) atoms. The lowest BCUT2D eigenvalue weighted by molar-refractivity contribution is -0.131. The lowest BCUT2D eigenvalue weighted by atomic mass is 9.92. The van der Waals surface area contributed by atoms with Crippen molar-refractivity contribution in [2.75, 3.05) is 0 Å². The third kappa shape index (κ3) is 4.59. The summed E-state index contributed by atoms with van der Waals surface area (Å²) in [6.07, 6.45) is 0.258. The molecule has 0 saturated heterocycles. The van der Waals surface area contributed by atoms with Gasteiger partial charge in [0.1, 0.15) is 12.1 Å². The Morgan fingerprint density at radius 2 is 1.43 bits per heavy atom. The van der Waals surface area contributed by atoms with Crippen molar-refractivity contribution in [3.8, 4) is 0 Å². The lowest BCUT2D eigenvalue weighted by Gasteiger charge is -2.24. The molecule has 0 spiro atoms. The fraction of sp³-hybridized carbons (Fsp3) is 0.292. The predicted octanol–water partition coefficient (Wildman–Crippen LogP) is 2.67. The van der Waals surface area contributed by atoms with Crippen molar-refractivity contribution in [2.45, 2.75) is 39.3 Å². The molecule has 2 atom stereocenters. The Morgan fingerprint density at radius 3 is 1.90 bits per heavy atom. The summed E-state index contributed by atoms with van der Waals surface area (Å²) >= 11 is 0. The van der Waals surface area contributed by atoms with E-state index in [1.807, 2.05) is 62.4 Å². The minimum Gasteiger partial charge on any atom is -0.368 e. The molecule has 6 nitrogen and oxygen atoms in total. The minimum atomic E-state index is -0.901. The zero-order valence-electron chi connectivity index (χ0n) is 17.4. The molecule has 0 aliphatic heterocycles. The van der Waals surface area contributed by atoms with Gasteiger partial charge in [0.2, 0.25) is 17.7 Å². The van der Waals surface area contributed by atoms with Crippen LogP contribution in [0.4, 0.5) is 0 Å². The molecule has 3 amide bonds. The maximum atomic E-state index is 12.8. The van der Waals surface area contributed by atoms with Crippen LogP contribution < -0.4 is 16.4 Å². The Bertz CT molecular complexity index is 1050. The van der Waals surface area contributed by atoms with Gasteiger partial charge in [0, 0.05) is 13.3 Å². The second-order valence-corrected chi connectivity index (χ2v) is 7.89. The monoisotopic (exact) mass is 405 g/mol. The van der Waals surface area contributed by atoms with Gasteiger partial charge in [0.25, 0.3) is 0 Å². The van der Waals surface area contributed by atoms with Crippen LogP contribution in [0, 0.1) is 5.92 Å². The summed E-state index contributed by atoms with van der Waals surface area (Å²) < 4.78 is 0. The number of nitrogens with one attached hydrogen (secondary N) is 2. The minimum absolute atomic E-state index is 0.138. The van der Waals surface area contributed by atoms with E-state index in [-0.39, 0.29) is 18.2 Å². The normalized spacial score (nSPS) is 13.2. The Morgan fingerprint density at radius 1 is 0.900 bits per heavy atom. The Kier molecular flexibility index (Phi) is 6.35. The van der Waals surface area contributed by atoms with Crippen molar-refractivity contribution in [1.29, 1.82) is 0 Å². The molecule has 0 aliphatic carbocycles. The Labute approximate surface area is 175 Å². The first-order valence-corrected chi connectivity index (χ1v) is 10.0. The fourth-order valence-corrected chi connectivity index (χ4v) is 3.77. The van der Waals surface area contributed by atoms with Crippen LogP contribution in [0.3, 0.4) is 0 Å². The van der Waals surface area contributed by atoms with E-state index in [1.54, 1.807) is 0 Å². The summed E-state index contributed by atoms with van der Waals surface area (Å²) in [5.74, 6) is -1.49. The van der Waals surface area contributed by atoms with E-state index in [0.29, 0.717) is 0 Å². The highest BCUT2D eigenvalue weighted by Crippen LogP contribution is 2.29. The van der Waals surface area contributed by atoms with Gasteiger partial charge >= 0.3 is 0 Å². The van der Waals surface area contributed by atoms with Gasteiger partial charge in [-0.1, -0.05) is 62.4 Å².